The summed E-state index contributed by atoms with van der Waals surface area (Å²) in [5, 5.41) is 24.3. The molecule has 1 aliphatic rings. The number of benzene rings is 3. The fourth-order valence-electron chi connectivity index (χ4n) is 5.08. The monoisotopic (exact) mass is 598 g/mol. The van der Waals surface area contributed by atoms with E-state index in [2.05, 4.69) is 25.8 Å². The molecule has 3 amide bonds. The molecule has 216 valence electrons. The molecule has 0 radical (unpaired) electrons. The van der Waals surface area contributed by atoms with Crippen LogP contribution in [0.15, 0.2) is 79.1 Å². The van der Waals surface area contributed by atoms with Gasteiger partial charge in [0.15, 0.2) is 0 Å². The Morgan fingerprint density at radius 2 is 1.79 bits per heavy atom. The van der Waals surface area contributed by atoms with Gasteiger partial charge in [0.05, 0.1) is 11.4 Å². The van der Waals surface area contributed by atoms with Gasteiger partial charge >= 0.3 is 17.8 Å². The molecule has 1 saturated heterocycles. The van der Waals surface area contributed by atoms with E-state index in [1.807, 2.05) is 30.3 Å². The number of tetrazole rings is 1. The zero-order chi connectivity index (χ0) is 30.1. The summed E-state index contributed by atoms with van der Waals surface area (Å²) < 4.78 is 1.36. The number of carbonyl (C=O) groups excluding carboxylic acids is 3. The van der Waals surface area contributed by atoms with Crippen molar-refractivity contribution in [3.8, 4) is 5.69 Å². The number of hydrogen-bond acceptors (Lipinski definition) is 7. The Balaban J connectivity index is 1.28. The van der Waals surface area contributed by atoms with E-state index in [0.29, 0.717) is 33.0 Å². The van der Waals surface area contributed by atoms with Crippen molar-refractivity contribution in [1.82, 2.24) is 30.1 Å². The number of aromatic nitrogens is 5. The average Bonchev–Trinajstić information content (AvgIpc) is 3.69. The molecule has 0 saturated carbocycles. The topological polar surface area (TPSA) is 166 Å². The molecule has 3 heterocycles. The van der Waals surface area contributed by atoms with Crippen LogP contribution in [-0.2, 0) is 20.8 Å². The van der Waals surface area contributed by atoms with Crippen LogP contribution >= 0.6 is 11.6 Å². The van der Waals surface area contributed by atoms with Gasteiger partial charge < -0.3 is 25.2 Å². The summed E-state index contributed by atoms with van der Waals surface area (Å²) in [6.07, 6.45) is 1.52. The quantitative estimate of drug-likeness (QED) is 0.229. The van der Waals surface area contributed by atoms with Crippen LogP contribution in [0.2, 0.25) is 5.02 Å². The van der Waals surface area contributed by atoms with E-state index in [4.69, 9.17) is 11.6 Å². The lowest BCUT2D eigenvalue weighted by Crippen LogP contribution is -2.60. The zero-order valence-electron chi connectivity index (χ0n) is 22.3. The average molecular weight is 599 g/mol. The highest BCUT2D eigenvalue weighted by Crippen LogP contribution is 2.30. The van der Waals surface area contributed by atoms with Crippen molar-refractivity contribution in [2.24, 2.45) is 0 Å². The van der Waals surface area contributed by atoms with Gasteiger partial charge in [0.25, 0.3) is 0 Å². The number of halogens is 1. The molecule has 13 nitrogen and oxygen atoms in total. The number of H-pyrrole nitrogens is 1. The molecule has 43 heavy (non-hydrogen) atoms. The molecular formula is C29H23ClN8O5. The number of carboxylic acids is 1. The Bertz CT molecular complexity index is 1860. The summed E-state index contributed by atoms with van der Waals surface area (Å²) in [4.78, 5) is 57.7. The smallest absolute Gasteiger partial charge is 0.352 e. The van der Waals surface area contributed by atoms with Gasteiger partial charge in [0.1, 0.15) is 18.1 Å². The molecular weight excluding hydrogens is 576 g/mol. The molecule has 6 rings (SSSR count). The van der Waals surface area contributed by atoms with Gasteiger partial charge in [-0.1, -0.05) is 48.0 Å². The largest absolute Gasteiger partial charge is 0.477 e. The maximum atomic E-state index is 13.7. The highest BCUT2D eigenvalue weighted by molar-refractivity contribution is 6.41. The Morgan fingerprint density at radius 3 is 2.53 bits per heavy atom. The van der Waals surface area contributed by atoms with E-state index in [9.17, 15) is 24.3 Å². The second kappa shape index (κ2) is 11.4. The van der Waals surface area contributed by atoms with Crippen molar-refractivity contribution < 1.29 is 24.3 Å². The second-order valence-corrected chi connectivity index (χ2v) is 10.3. The van der Waals surface area contributed by atoms with E-state index in [0.717, 1.165) is 5.56 Å². The Morgan fingerprint density at radius 1 is 0.977 bits per heavy atom. The number of amides is 3. The summed E-state index contributed by atoms with van der Waals surface area (Å²) >= 11 is 6.24. The Hall–Kier alpha value is -5.56. The van der Waals surface area contributed by atoms with Gasteiger partial charge in [0.2, 0.25) is 5.91 Å². The number of aromatic amines is 1. The Kier molecular flexibility index (Phi) is 7.30. The SMILES string of the molecule is O=C(O)c1cc2ccc(NC(=O)C(Cc3ccccc3)N3CCN(c4cc(Cl)ccc4-n4cnnn4)C(=O)C3=O)cc2[nH]1. The molecule has 14 heteroatoms. The molecule has 0 aliphatic carbocycles. The van der Waals surface area contributed by atoms with Crippen LogP contribution in [0.25, 0.3) is 16.6 Å². The lowest BCUT2D eigenvalue weighted by Gasteiger charge is -2.38. The summed E-state index contributed by atoms with van der Waals surface area (Å²) in [5.74, 6) is -3.28. The molecule has 3 aromatic carbocycles. The normalized spacial score (nSPS) is 14.3. The van der Waals surface area contributed by atoms with Crippen LogP contribution in [0.5, 0.6) is 0 Å². The van der Waals surface area contributed by atoms with E-state index in [1.165, 1.54) is 26.9 Å². The fraction of sp³-hybridized carbons (Fsp3) is 0.138. The zero-order valence-corrected chi connectivity index (χ0v) is 23.1. The van der Waals surface area contributed by atoms with Crippen molar-refractivity contribution in [3.05, 3.63) is 95.4 Å². The van der Waals surface area contributed by atoms with Gasteiger partial charge in [-0.3, -0.25) is 14.4 Å². The number of hydrogen-bond donors (Lipinski definition) is 3. The summed E-state index contributed by atoms with van der Waals surface area (Å²) in [5.41, 5.74) is 2.54. The maximum Gasteiger partial charge on any atom is 0.352 e. The summed E-state index contributed by atoms with van der Waals surface area (Å²) in [7, 11) is 0. The number of nitrogens with one attached hydrogen (secondary N) is 2. The van der Waals surface area contributed by atoms with E-state index in [-0.39, 0.29) is 25.2 Å². The lowest BCUT2D eigenvalue weighted by atomic mass is 10.0. The number of anilines is 2. The van der Waals surface area contributed by atoms with Crippen LogP contribution in [-0.4, -0.2) is 78.0 Å². The number of carbonyl (C=O) groups is 4. The number of rotatable bonds is 8. The van der Waals surface area contributed by atoms with Gasteiger partial charge in [-0.2, -0.15) is 4.68 Å². The van der Waals surface area contributed by atoms with E-state index in [1.54, 1.807) is 36.4 Å². The van der Waals surface area contributed by atoms with Crippen LogP contribution in [0.1, 0.15) is 16.1 Å². The third-order valence-electron chi connectivity index (χ3n) is 7.15. The molecule has 1 fully saturated rings. The van der Waals surface area contributed by atoms with Crippen LogP contribution < -0.4 is 10.2 Å². The second-order valence-electron chi connectivity index (χ2n) is 9.83. The van der Waals surface area contributed by atoms with Crippen molar-refractivity contribution in [2.45, 2.75) is 12.5 Å². The molecule has 0 spiro atoms. The first-order valence-corrected chi connectivity index (χ1v) is 13.5. The molecule has 1 atom stereocenters. The lowest BCUT2D eigenvalue weighted by molar-refractivity contribution is -0.149. The fourth-order valence-corrected chi connectivity index (χ4v) is 5.25. The summed E-state index contributed by atoms with van der Waals surface area (Å²) in [6.45, 7) is 0.152. The number of aromatic carboxylic acids is 1. The highest BCUT2D eigenvalue weighted by atomic mass is 35.5. The molecule has 5 aromatic rings. The molecule has 3 N–H and O–H groups in total. The standard InChI is InChI=1S/C29H23ClN8O5/c30-19-7-9-23(38-16-31-34-35-38)24(14-19)36-10-11-37(28(41)27(36)40)25(12-17-4-2-1-3-5-17)26(39)32-20-8-6-18-13-22(29(42)43)33-21(18)15-20/h1-9,13-16,25,33H,10-12H2,(H,32,39)(H,42,43). The first-order chi connectivity index (χ1) is 20.8. The summed E-state index contributed by atoms with van der Waals surface area (Å²) in [6, 6.07) is 19.4. The third kappa shape index (κ3) is 5.53. The van der Waals surface area contributed by atoms with E-state index >= 15 is 0 Å². The Labute approximate surface area is 248 Å². The minimum absolute atomic E-state index is 0.0188. The highest BCUT2D eigenvalue weighted by Gasteiger charge is 2.40. The molecule has 1 unspecified atom stereocenters. The molecule has 1 aliphatic heterocycles. The van der Waals surface area contributed by atoms with Crippen molar-refractivity contribution >= 4 is 57.6 Å². The predicted molar refractivity (Wildman–Crippen MR) is 156 cm³/mol. The van der Waals surface area contributed by atoms with Gasteiger partial charge in [0, 0.05) is 41.1 Å². The number of fused-ring (bicyclic) bond motifs is 1. The maximum absolute atomic E-state index is 13.7. The van der Waals surface area contributed by atoms with Crippen LogP contribution in [0.4, 0.5) is 11.4 Å². The number of carboxylic acid groups (broad SMARTS) is 1. The first-order valence-electron chi connectivity index (χ1n) is 13.1. The van der Waals surface area contributed by atoms with Crippen molar-refractivity contribution in [3.63, 3.8) is 0 Å². The molecule has 2 aromatic heterocycles. The third-order valence-corrected chi connectivity index (χ3v) is 7.38. The van der Waals surface area contributed by atoms with Crippen LogP contribution in [0.3, 0.4) is 0 Å². The van der Waals surface area contributed by atoms with Gasteiger partial charge in [-0.15, -0.1) is 5.10 Å². The minimum Gasteiger partial charge on any atom is -0.477 e. The van der Waals surface area contributed by atoms with Gasteiger partial charge in [-0.05, 0) is 52.4 Å². The van der Waals surface area contributed by atoms with Crippen LogP contribution in [0, 0.1) is 0 Å². The first kappa shape index (κ1) is 27.6. The predicted octanol–water partition coefficient (Wildman–Crippen LogP) is 2.92. The number of nitrogens with zero attached hydrogens (tertiary/aromatic N) is 6. The van der Waals surface area contributed by atoms with E-state index < -0.39 is 29.7 Å². The van der Waals surface area contributed by atoms with Crippen molar-refractivity contribution in [2.75, 3.05) is 23.3 Å². The van der Waals surface area contributed by atoms with Crippen molar-refractivity contribution in [1.29, 1.82) is 0 Å². The molecule has 0 bridgehead atoms. The number of piperazine rings is 1. The van der Waals surface area contributed by atoms with Gasteiger partial charge in [-0.25, -0.2) is 4.79 Å². The minimum atomic E-state index is -1.10.